The van der Waals surface area contributed by atoms with E-state index in [-0.39, 0.29) is 21.8 Å². The van der Waals surface area contributed by atoms with Gasteiger partial charge < -0.3 is 10.1 Å². The summed E-state index contributed by atoms with van der Waals surface area (Å²) in [6.45, 7) is 3.19. The number of methoxy groups -OCH3 is 1. The summed E-state index contributed by atoms with van der Waals surface area (Å²) in [5.74, 6) is 0.117. The molecule has 3 aromatic rings. The zero-order chi connectivity index (χ0) is 24.3. The molecule has 9 nitrogen and oxygen atoms in total. The number of sulfonamides is 1. The molecule has 0 atom stereocenters. The summed E-state index contributed by atoms with van der Waals surface area (Å²) in [6.07, 6.45) is 0. The lowest BCUT2D eigenvalue weighted by atomic mass is 10.1. The molecule has 0 heterocycles. The summed E-state index contributed by atoms with van der Waals surface area (Å²) in [5.41, 5.74) is 1.31. The number of nitro benzene ring substituents is 1. The average molecular weight is 470 g/mol. The minimum absolute atomic E-state index is 0.124. The maximum atomic E-state index is 13.4. The van der Waals surface area contributed by atoms with Crippen LogP contribution < -0.4 is 14.4 Å². The van der Waals surface area contributed by atoms with Crippen LogP contribution in [0.15, 0.2) is 65.6 Å². The summed E-state index contributed by atoms with van der Waals surface area (Å²) in [4.78, 5) is 23.4. The maximum Gasteiger partial charge on any atom is 0.271 e. The predicted octanol–water partition coefficient (Wildman–Crippen LogP) is 4.30. The van der Waals surface area contributed by atoms with Crippen molar-refractivity contribution in [3.63, 3.8) is 0 Å². The molecule has 172 valence electrons. The molecule has 33 heavy (non-hydrogen) atoms. The topological polar surface area (TPSA) is 119 Å². The van der Waals surface area contributed by atoms with Gasteiger partial charge in [0.1, 0.15) is 5.75 Å². The van der Waals surface area contributed by atoms with E-state index in [0.717, 1.165) is 10.4 Å². The van der Waals surface area contributed by atoms with Gasteiger partial charge in [-0.05, 0) is 61.4 Å². The Labute approximate surface area is 191 Å². The van der Waals surface area contributed by atoms with E-state index in [9.17, 15) is 23.3 Å². The van der Waals surface area contributed by atoms with Crippen LogP contribution in [0.2, 0.25) is 0 Å². The van der Waals surface area contributed by atoms with Gasteiger partial charge in [0, 0.05) is 24.9 Å². The molecule has 10 heteroatoms. The number of carbonyl (C=O) groups is 1. The quantitative estimate of drug-likeness (QED) is 0.407. The second-order valence-corrected chi connectivity index (χ2v) is 9.25. The molecule has 0 aromatic heterocycles. The molecule has 0 aliphatic carbocycles. The normalized spacial score (nSPS) is 11.0. The van der Waals surface area contributed by atoms with E-state index in [2.05, 4.69) is 5.32 Å². The van der Waals surface area contributed by atoms with Gasteiger partial charge in [0.15, 0.2) is 0 Å². The number of nitro groups is 1. The van der Waals surface area contributed by atoms with Gasteiger partial charge in [0.05, 0.1) is 28.2 Å². The predicted molar refractivity (Wildman–Crippen MR) is 126 cm³/mol. The molecule has 3 rings (SSSR count). The Kier molecular flexibility index (Phi) is 6.68. The largest absolute Gasteiger partial charge is 0.497 e. The van der Waals surface area contributed by atoms with Crippen molar-refractivity contribution in [3.8, 4) is 5.75 Å². The Morgan fingerprint density at radius 3 is 2.30 bits per heavy atom. The van der Waals surface area contributed by atoms with Crippen molar-refractivity contribution in [1.82, 2.24) is 0 Å². The lowest BCUT2D eigenvalue weighted by molar-refractivity contribution is -0.385. The summed E-state index contributed by atoms with van der Waals surface area (Å²) >= 11 is 0. The SMILES string of the molecule is COc1ccc(NC(=O)c2ccccc2N(C)S(=O)(=O)c2cc([N+](=O)[O-])cc(C)c2C)cc1. The highest BCUT2D eigenvalue weighted by Crippen LogP contribution is 2.31. The number of nitrogens with one attached hydrogen (secondary N) is 1. The van der Waals surface area contributed by atoms with Gasteiger partial charge in [0.25, 0.3) is 21.6 Å². The van der Waals surface area contributed by atoms with Crippen LogP contribution in [0.25, 0.3) is 0 Å². The first-order chi connectivity index (χ1) is 15.6. The van der Waals surface area contributed by atoms with Gasteiger partial charge in [-0.15, -0.1) is 0 Å². The van der Waals surface area contributed by atoms with Gasteiger partial charge in [-0.25, -0.2) is 8.42 Å². The Morgan fingerprint density at radius 2 is 1.70 bits per heavy atom. The number of hydrogen-bond acceptors (Lipinski definition) is 6. The number of ether oxygens (including phenoxy) is 1. The van der Waals surface area contributed by atoms with Crippen LogP contribution in [0.3, 0.4) is 0 Å². The van der Waals surface area contributed by atoms with Gasteiger partial charge in [-0.3, -0.25) is 19.2 Å². The number of carbonyl (C=O) groups excluding carboxylic acids is 1. The molecule has 0 saturated carbocycles. The lowest BCUT2D eigenvalue weighted by Gasteiger charge is -2.23. The summed E-state index contributed by atoms with van der Waals surface area (Å²) < 4.78 is 32.9. The molecule has 0 spiro atoms. The molecular weight excluding hydrogens is 446 g/mol. The number of benzene rings is 3. The molecule has 0 unspecified atom stereocenters. The second-order valence-electron chi connectivity index (χ2n) is 7.32. The van der Waals surface area contributed by atoms with Crippen molar-refractivity contribution in [2.75, 3.05) is 23.8 Å². The van der Waals surface area contributed by atoms with Crippen LogP contribution >= 0.6 is 0 Å². The first-order valence-electron chi connectivity index (χ1n) is 9.85. The second kappa shape index (κ2) is 9.29. The monoisotopic (exact) mass is 469 g/mol. The van der Waals surface area contributed by atoms with Gasteiger partial charge >= 0.3 is 0 Å². The van der Waals surface area contributed by atoms with E-state index in [4.69, 9.17) is 4.74 Å². The number of non-ortho nitro benzene ring substituents is 1. The van der Waals surface area contributed by atoms with E-state index >= 15 is 0 Å². The van der Waals surface area contributed by atoms with Crippen molar-refractivity contribution >= 4 is 33.0 Å². The Bertz CT molecular complexity index is 1320. The van der Waals surface area contributed by atoms with E-state index in [0.29, 0.717) is 22.6 Å². The van der Waals surface area contributed by atoms with Crippen molar-refractivity contribution in [2.45, 2.75) is 18.7 Å². The third kappa shape index (κ3) is 4.80. The van der Waals surface area contributed by atoms with Crippen molar-refractivity contribution in [3.05, 3.63) is 87.5 Å². The molecule has 0 bridgehead atoms. The van der Waals surface area contributed by atoms with Crippen LogP contribution in [0.1, 0.15) is 21.5 Å². The summed E-state index contributed by atoms with van der Waals surface area (Å²) in [7, 11) is -1.37. The highest BCUT2D eigenvalue weighted by molar-refractivity contribution is 7.92. The standard InChI is InChI=1S/C23H23N3O6S/c1-15-13-18(26(28)29)14-22(16(15)2)33(30,31)25(3)21-8-6-5-7-20(21)23(27)24-17-9-11-19(32-4)12-10-17/h5-14H,1-4H3,(H,24,27). The fourth-order valence-electron chi connectivity index (χ4n) is 3.27. The van der Waals surface area contributed by atoms with Crippen LogP contribution in [-0.2, 0) is 10.0 Å². The number of rotatable bonds is 7. The maximum absolute atomic E-state index is 13.4. The fourth-order valence-corrected chi connectivity index (χ4v) is 4.80. The highest BCUT2D eigenvalue weighted by Gasteiger charge is 2.29. The third-order valence-electron chi connectivity index (χ3n) is 5.29. The van der Waals surface area contributed by atoms with Crippen molar-refractivity contribution in [1.29, 1.82) is 0 Å². The summed E-state index contributed by atoms with van der Waals surface area (Å²) in [5, 5.41) is 14.0. The molecule has 3 aromatic carbocycles. The average Bonchev–Trinajstić information content (AvgIpc) is 2.80. The Balaban J connectivity index is 2.00. The van der Waals surface area contributed by atoms with Crippen molar-refractivity contribution < 1.29 is 22.9 Å². The number of amides is 1. The fraction of sp³-hybridized carbons (Fsp3) is 0.174. The van der Waals surface area contributed by atoms with Crippen LogP contribution in [0, 0.1) is 24.0 Å². The molecule has 0 radical (unpaired) electrons. The number of aryl methyl sites for hydroxylation is 1. The molecular formula is C23H23N3O6S. The van der Waals surface area contributed by atoms with Crippen molar-refractivity contribution in [2.24, 2.45) is 0 Å². The molecule has 0 fully saturated rings. The van der Waals surface area contributed by atoms with Gasteiger partial charge in [-0.2, -0.15) is 0 Å². The Morgan fingerprint density at radius 1 is 1.06 bits per heavy atom. The minimum atomic E-state index is -4.21. The van der Waals surface area contributed by atoms with Gasteiger partial charge in [-0.1, -0.05) is 12.1 Å². The van der Waals surface area contributed by atoms with E-state index in [1.54, 1.807) is 50.2 Å². The molecule has 0 saturated heterocycles. The van der Waals surface area contributed by atoms with Crippen LogP contribution in [0.5, 0.6) is 5.75 Å². The zero-order valence-corrected chi connectivity index (χ0v) is 19.3. The number of hydrogen-bond donors (Lipinski definition) is 1. The molecule has 1 amide bonds. The third-order valence-corrected chi connectivity index (χ3v) is 7.19. The first kappa shape index (κ1) is 23.7. The van der Waals surface area contributed by atoms with E-state index < -0.39 is 20.9 Å². The highest BCUT2D eigenvalue weighted by atomic mass is 32.2. The minimum Gasteiger partial charge on any atom is -0.497 e. The zero-order valence-electron chi connectivity index (χ0n) is 18.5. The lowest BCUT2D eigenvalue weighted by Crippen LogP contribution is -2.29. The van der Waals surface area contributed by atoms with E-state index in [1.807, 2.05) is 0 Å². The molecule has 0 aliphatic rings. The Hall–Kier alpha value is -3.92. The summed E-state index contributed by atoms with van der Waals surface area (Å²) in [6, 6.07) is 15.3. The number of nitrogens with zero attached hydrogens (tertiary/aromatic N) is 2. The number of anilines is 2. The van der Waals surface area contributed by atoms with Crippen LogP contribution in [-0.4, -0.2) is 33.4 Å². The molecule has 1 N–H and O–H groups in total. The first-order valence-corrected chi connectivity index (χ1v) is 11.3. The molecule has 0 aliphatic heterocycles. The van der Waals surface area contributed by atoms with E-state index in [1.165, 1.54) is 32.4 Å². The smallest absolute Gasteiger partial charge is 0.271 e. The number of para-hydroxylation sites is 1. The van der Waals surface area contributed by atoms with Crippen LogP contribution in [0.4, 0.5) is 17.1 Å². The van der Waals surface area contributed by atoms with Gasteiger partial charge in [0.2, 0.25) is 0 Å².